The first kappa shape index (κ1) is 8.81. The van der Waals surface area contributed by atoms with Crippen LogP contribution in [0.3, 0.4) is 0 Å². The van der Waals surface area contributed by atoms with Crippen LogP contribution >= 0.6 is 0 Å². The molecule has 0 radical (unpaired) electrons. The third-order valence-electron chi connectivity index (χ3n) is 2.06. The summed E-state index contributed by atoms with van der Waals surface area (Å²) in [5.74, 6) is 0. The average Bonchev–Trinajstić information content (AvgIpc) is 2.67. The Balaban J connectivity index is 1.98. The topological polar surface area (TPSA) is 40.7 Å². The minimum atomic E-state index is 0.781. The number of imidazole rings is 1. The largest absolute Gasteiger partial charge is 0.379 e. The zero-order valence-electron chi connectivity index (χ0n) is 8.12. The number of aromatic nitrogens is 2. The molecule has 3 heteroatoms. The summed E-state index contributed by atoms with van der Waals surface area (Å²) in [4.78, 5) is 7.00. The molecule has 14 heavy (non-hydrogen) atoms. The van der Waals surface area contributed by atoms with E-state index in [-0.39, 0.29) is 0 Å². The highest BCUT2D eigenvalue weighted by atomic mass is 14.9. The van der Waals surface area contributed by atoms with Crippen LogP contribution in [0.2, 0.25) is 0 Å². The van der Waals surface area contributed by atoms with Gasteiger partial charge in [-0.15, -0.1) is 0 Å². The van der Waals surface area contributed by atoms with E-state index in [0.717, 1.165) is 17.9 Å². The third kappa shape index (κ3) is 2.13. The molecule has 0 bridgehead atoms. The average molecular weight is 187 g/mol. The second kappa shape index (κ2) is 3.96. The van der Waals surface area contributed by atoms with Crippen LogP contribution in [-0.2, 0) is 6.54 Å². The fourth-order valence-electron chi connectivity index (χ4n) is 1.33. The van der Waals surface area contributed by atoms with Gasteiger partial charge >= 0.3 is 0 Å². The number of nitrogens with one attached hydrogen (secondary N) is 2. The number of aromatic amines is 1. The Hall–Kier alpha value is -1.77. The number of anilines is 1. The number of rotatable bonds is 3. The predicted molar refractivity (Wildman–Crippen MR) is 57.1 cm³/mol. The highest BCUT2D eigenvalue weighted by Gasteiger charge is 1.94. The van der Waals surface area contributed by atoms with Crippen LogP contribution in [0.5, 0.6) is 0 Å². The van der Waals surface area contributed by atoms with Gasteiger partial charge < -0.3 is 10.3 Å². The van der Waals surface area contributed by atoms with E-state index in [4.69, 9.17) is 0 Å². The van der Waals surface area contributed by atoms with Crippen molar-refractivity contribution in [2.75, 3.05) is 5.32 Å². The molecule has 0 aliphatic carbocycles. The first-order valence-electron chi connectivity index (χ1n) is 4.62. The van der Waals surface area contributed by atoms with Gasteiger partial charge in [0.2, 0.25) is 0 Å². The van der Waals surface area contributed by atoms with E-state index in [0.29, 0.717) is 0 Å². The maximum Gasteiger partial charge on any atom is 0.0922 e. The zero-order valence-corrected chi connectivity index (χ0v) is 8.12. The Morgan fingerprint density at radius 1 is 1.43 bits per heavy atom. The monoisotopic (exact) mass is 187 g/mol. The van der Waals surface area contributed by atoms with Crippen LogP contribution in [0.1, 0.15) is 11.3 Å². The minimum absolute atomic E-state index is 0.781. The summed E-state index contributed by atoms with van der Waals surface area (Å²) in [7, 11) is 0. The van der Waals surface area contributed by atoms with Crippen molar-refractivity contribution in [1.82, 2.24) is 9.97 Å². The smallest absolute Gasteiger partial charge is 0.0922 e. The number of nitrogens with zero attached hydrogens (tertiary/aromatic N) is 1. The molecular formula is C11H13N3. The normalized spacial score (nSPS) is 10.1. The molecule has 2 N–H and O–H groups in total. The summed E-state index contributed by atoms with van der Waals surface area (Å²) >= 11 is 0. The Labute approximate surface area is 83.2 Å². The highest BCUT2D eigenvalue weighted by molar-refractivity contribution is 5.45. The quantitative estimate of drug-likeness (QED) is 0.774. The van der Waals surface area contributed by atoms with Crippen LogP contribution in [0, 0.1) is 6.92 Å². The maximum atomic E-state index is 3.96. The van der Waals surface area contributed by atoms with Gasteiger partial charge in [-0.05, 0) is 24.6 Å². The molecular weight excluding hydrogens is 174 g/mol. The molecule has 0 saturated carbocycles. The molecule has 0 aliphatic heterocycles. The van der Waals surface area contributed by atoms with Crippen molar-refractivity contribution in [1.29, 1.82) is 0 Å². The lowest BCUT2D eigenvalue weighted by Gasteiger charge is -2.04. The molecule has 1 heterocycles. The van der Waals surface area contributed by atoms with Gasteiger partial charge in [0.15, 0.2) is 0 Å². The Bertz CT molecular complexity index is 393. The molecule has 0 unspecified atom stereocenters. The third-order valence-corrected chi connectivity index (χ3v) is 2.06. The SMILES string of the molecule is Cc1cccc(NCc2cnc[nH]2)c1. The molecule has 0 amide bonds. The number of hydrogen-bond acceptors (Lipinski definition) is 2. The van der Waals surface area contributed by atoms with Crippen molar-refractivity contribution in [2.45, 2.75) is 13.5 Å². The lowest BCUT2D eigenvalue weighted by atomic mass is 10.2. The van der Waals surface area contributed by atoms with Crippen LogP contribution in [-0.4, -0.2) is 9.97 Å². The number of H-pyrrole nitrogens is 1. The Kier molecular flexibility index (Phi) is 2.49. The van der Waals surface area contributed by atoms with E-state index in [1.807, 2.05) is 12.3 Å². The molecule has 2 rings (SSSR count). The summed E-state index contributed by atoms with van der Waals surface area (Å²) in [6.07, 6.45) is 3.51. The van der Waals surface area contributed by atoms with Gasteiger partial charge in [-0.3, -0.25) is 0 Å². The van der Waals surface area contributed by atoms with E-state index in [1.54, 1.807) is 6.33 Å². The highest BCUT2D eigenvalue weighted by Crippen LogP contribution is 2.10. The standard InChI is InChI=1S/C11H13N3/c1-9-3-2-4-10(5-9)13-7-11-6-12-8-14-11/h2-6,8,13H,7H2,1H3,(H,12,14). The molecule has 0 aliphatic rings. The van der Waals surface area contributed by atoms with Crippen molar-refractivity contribution < 1.29 is 0 Å². The first-order chi connectivity index (χ1) is 6.84. The number of aryl methyl sites for hydroxylation is 1. The molecule has 1 aromatic carbocycles. The Morgan fingerprint density at radius 3 is 3.07 bits per heavy atom. The molecule has 0 spiro atoms. The summed E-state index contributed by atoms with van der Waals surface area (Å²) in [5, 5.41) is 3.32. The van der Waals surface area contributed by atoms with Gasteiger partial charge in [0.1, 0.15) is 0 Å². The van der Waals surface area contributed by atoms with Gasteiger partial charge in [0, 0.05) is 11.9 Å². The second-order valence-electron chi connectivity index (χ2n) is 3.30. The fraction of sp³-hybridized carbons (Fsp3) is 0.182. The van der Waals surface area contributed by atoms with Crippen molar-refractivity contribution in [3.8, 4) is 0 Å². The molecule has 3 nitrogen and oxygen atoms in total. The molecule has 0 atom stereocenters. The van der Waals surface area contributed by atoms with E-state index in [2.05, 4.69) is 40.4 Å². The van der Waals surface area contributed by atoms with Crippen LogP contribution in [0.4, 0.5) is 5.69 Å². The van der Waals surface area contributed by atoms with Crippen molar-refractivity contribution in [3.63, 3.8) is 0 Å². The fourth-order valence-corrected chi connectivity index (χ4v) is 1.33. The molecule has 0 fully saturated rings. The van der Waals surface area contributed by atoms with Crippen LogP contribution in [0.15, 0.2) is 36.8 Å². The van der Waals surface area contributed by atoms with E-state index in [9.17, 15) is 0 Å². The number of hydrogen-bond donors (Lipinski definition) is 2. The maximum absolute atomic E-state index is 3.96. The van der Waals surface area contributed by atoms with Gasteiger partial charge in [0.25, 0.3) is 0 Å². The second-order valence-corrected chi connectivity index (χ2v) is 3.30. The molecule has 0 saturated heterocycles. The molecule has 1 aromatic heterocycles. The van der Waals surface area contributed by atoms with Gasteiger partial charge in [-0.2, -0.15) is 0 Å². The summed E-state index contributed by atoms with van der Waals surface area (Å²) < 4.78 is 0. The van der Waals surface area contributed by atoms with Gasteiger partial charge in [-0.1, -0.05) is 12.1 Å². The first-order valence-corrected chi connectivity index (χ1v) is 4.62. The lowest BCUT2D eigenvalue weighted by Crippen LogP contribution is -1.99. The minimum Gasteiger partial charge on any atom is -0.379 e. The van der Waals surface area contributed by atoms with E-state index in [1.165, 1.54) is 5.56 Å². The molecule has 72 valence electrons. The van der Waals surface area contributed by atoms with Crippen LogP contribution < -0.4 is 5.32 Å². The lowest BCUT2D eigenvalue weighted by molar-refractivity contribution is 1.07. The van der Waals surface area contributed by atoms with E-state index >= 15 is 0 Å². The van der Waals surface area contributed by atoms with Crippen molar-refractivity contribution in [3.05, 3.63) is 48.0 Å². The van der Waals surface area contributed by atoms with Crippen molar-refractivity contribution in [2.24, 2.45) is 0 Å². The van der Waals surface area contributed by atoms with Crippen molar-refractivity contribution >= 4 is 5.69 Å². The zero-order chi connectivity index (χ0) is 9.80. The number of benzene rings is 1. The summed E-state index contributed by atoms with van der Waals surface area (Å²) in [6, 6.07) is 8.31. The summed E-state index contributed by atoms with van der Waals surface area (Å²) in [5.41, 5.74) is 3.49. The van der Waals surface area contributed by atoms with Gasteiger partial charge in [0.05, 0.1) is 18.6 Å². The molecule has 2 aromatic rings. The summed E-state index contributed by atoms with van der Waals surface area (Å²) in [6.45, 7) is 2.87. The Morgan fingerprint density at radius 2 is 2.36 bits per heavy atom. The van der Waals surface area contributed by atoms with Crippen LogP contribution in [0.25, 0.3) is 0 Å². The van der Waals surface area contributed by atoms with Gasteiger partial charge in [-0.25, -0.2) is 4.98 Å². The predicted octanol–water partition coefficient (Wildman–Crippen LogP) is 2.33. The van der Waals surface area contributed by atoms with E-state index < -0.39 is 0 Å².